The van der Waals surface area contributed by atoms with Crippen LogP contribution in [0.25, 0.3) is 0 Å². The van der Waals surface area contributed by atoms with Crippen molar-refractivity contribution in [3.63, 3.8) is 0 Å². The highest BCUT2D eigenvalue weighted by molar-refractivity contribution is 14.1. The third-order valence-corrected chi connectivity index (χ3v) is 2.96. The summed E-state index contributed by atoms with van der Waals surface area (Å²) in [6.07, 6.45) is 4.02. The van der Waals surface area contributed by atoms with Gasteiger partial charge in [0.2, 0.25) is 0 Å². The Balaban J connectivity index is 2.24. The summed E-state index contributed by atoms with van der Waals surface area (Å²) in [7, 11) is 0. The molecule has 0 atom stereocenters. The van der Waals surface area contributed by atoms with Crippen molar-refractivity contribution in [2.75, 3.05) is 6.61 Å². The van der Waals surface area contributed by atoms with Crippen LogP contribution in [0.5, 0.6) is 0 Å². The summed E-state index contributed by atoms with van der Waals surface area (Å²) in [6.45, 7) is 5.21. The van der Waals surface area contributed by atoms with E-state index in [0.717, 1.165) is 26.1 Å². The maximum atomic E-state index is 5.55. The Labute approximate surface area is 99.3 Å². The van der Waals surface area contributed by atoms with Crippen molar-refractivity contribution in [3.05, 3.63) is 46.1 Å². The number of halogens is 1. The van der Waals surface area contributed by atoms with Gasteiger partial charge in [0.15, 0.2) is 0 Å². The van der Waals surface area contributed by atoms with Crippen molar-refractivity contribution in [3.8, 4) is 0 Å². The lowest BCUT2D eigenvalue weighted by Crippen LogP contribution is -1.96. The van der Waals surface area contributed by atoms with Gasteiger partial charge in [-0.15, -0.1) is 6.58 Å². The molecule has 0 N–H and O–H groups in total. The van der Waals surface area contributed by atoms with Gasteiger partial charge >= 0.3 is 0 Å². The van der Waals surface area contributed by atoms with Gasteiger partial charge in [-0.2, -0.15) is 0 Å². The van der Waals surface area contributed by atoms with Crippen LogP contribution in [0, 0.1) is 3.57 Å². The second kappa shape index (κ2) is 7.01. The molecule has 0 aliphatic heterocycles. The summed E-state index contributed by atoms with van der Waals surface area (Å²) in [4.78, 5) is 0. The van der Waals surface area contributed by atoms with Gasteiger partial charge in [0, 0.05) is 10.2 Å². The van der Waals surface area contributed by atoms with Crippen molar-refractivity contribution >= 4 is 22.6 Å². The van der Waals surface area contributed by atoms with E-state index in [-0.39, 0.29) is 0 Å². The molecule has 0 aromatic heterocycles. The normalized spacial score (nSPS) is 10.1. The van der Waals surface area contributed by atoms with Crippen molar-refractivity contribution in [1.29, 1.82) is 0 Å². The Morgan fingerprint density at radius 2 is 2.14 bits per heavy atom. The fraction of sp³-hybridized carbons (Fsp3) is 0.333. The molecule has 0 aliphatic carbocycles. The van der Waals surface area contributed by atoms with Gasteiger partial charge in [-0.1, -0.05) is 24.3 Å². The van der Waals surface area contributed by atoms with Gasteiger partial charge in [0.1, 0.15) is 0 Å². The monoisotopic (exact) mass is 302 g/mol. The fourth-order valence-electron chi connectivity index (χ4n) is 1.13. The van der Waals surface area contributed by atoms with Crippen LogP contribution in [0.4, 0.5) is 0 Å². The Hall–Kier alpha value is -0.350. The van der Waals surface area contributed by atoms with Gasteiger partial charge in [-0.05, 0) is 47.1 Å². The molecule has 0 aliphatic rings. The number of benzene rings is 1. The van der Waals surface area contributed by atoms with E-state index in [1.807, 2.05) is 18.2 Å². The molecule has 1 rings (SSSR count). The molecule has 1 aromatic carbocycles. The highest BCUT2D eigenvalue weighted by Crippen LogP contribution is 2.12. The van der Waals surface area contributed by atoms with Crippen LogP contribution >= 0.6 is 22.6 Å². The number of allylic oxidation sites excluding steroid dienone is 1. The van der Waals surface area contributed by atoms with Crippen LogP contribution in [0.2, 0.25) is 0 Å². The minimum Gasteiger partial charge on any atom is -0.377 e. The molecule has 1 nitrogen and oxygen atoms in total. The molecule has 0 saturated heterocycles. The van der Waals surface area contributed by atoms with E-state index in [1.165, 1.54) is 9.13 Å². The van der Waals surface area contributed by atoms with Crippen LogP contribution in [0.1, 0.15) is 18.4 Å². The molecule has 0 heterocycles. The summed E-state index contributed by atoms with van der Waals surface area (Å²) in [6, 6.07) is 8.30. The largest absolute Gasteiger partial charge is 0.377 e. The van der Waals surface area contributed by atoms with Crippen LogP contribution in [-0.2, 0) is 11.3 Å². The first-order valence-electron chi connectivity index (χ1n) is 4.76. The quantitative estimate of drug-likeness (QED) is 0.441. The van der Waals surface area contributed by atoms with Crippen LogP contribution in [0.15, 0.2) is 36.9 Å². The third kappa shape index (κ3) is 4.24. The molecule has 2 heteroatoms. The van der Waals surface area contributed by atoms with E-state index in [4.69, 9.17) is 4.74 Å². The smallest absolute Gasteiger partial charge is 0.0727 e. The van der Waals surface area contributed by atoms with Crippen molar-refractivity contribution < 1.29 is 4.74 Å². The molecular formula is C12H15IO. The standard InChI is InChI=1S/C12H15IO/c1-2-3-6-9-14-10-11-7-4-5-8-12(11)13/h2,4-5,7-8H,1,3,6,9-10H2. The van der Waals surface area contributed by atoms with E-state index >= 15 is 0 Å². The van der Waals surface area contributed by atoms with Gasteiger partial charge in [0.05, 0.1) is 6.61 Å². The Kier molecular flexibility index (Phi) is 5.87. The average Bonchev–Trinajstić information content (AvgIpc) is 2.20. The predicted molar refractivity (Wildman–Crippen MR) is 68.2 cm³/mol. The molecule has 76 valence electrons. The Morgan fingerprint density at radius 3 is 2.86 bits per heavy atom. The maximum absolute atomic E-state index is 5.55. The van der Waals surface area contributed by atoms with Gasteiger partial charge in [-0.25, -0.2) is 0 Å². The van der Waals surface area contributed by atoms with Crippen molar-refractivity contribution in [1.82, 2.24) is 0 Å². The highest BCUT2D eigenvalue weighted by Gasteiger charge is 1.97. The lowest BCUT2D eigenvalue weighted by atomic mass is 10.2. The third-order valence-electron chi connectivity index (χ3n) is 1.91. The number of unbranched alkanes of at least 4 members (excludes halogenated alkanes) is 1. The minimum absolute atomic E-state index is 0.719. The lowest BCUT2D eigenvalue weighted by molar-refractivity contribution is 0.118. The first-order valence-corrected chi connectivity index (χ1v) is 5.84. The maximum Gasteiger partial charge on any atom is 0.0727 e. The molecule has 0 fully saturated rings. The molecule has 0 unspecified atom stereocenters. The molecule has 0 amide bonds. The summed E-state index contributed by atoms with van der Waals surface area (Å²) >= 11 is 2.33. The first-order chi connectivity index (χ1) is 6.84. The summed E-state index contributed by atoms with van der Waals surface area (Å²) in [5.41, 5.74) is 1.27. The fourth-order valence-corrected chi connectivity index (χ4v) is 1.67. The minimum atomic E-state index is 0.719. The topological polar surface area (TPSA) is 9.23 Å². The van der Waals surface area contributed by atoms with Gasteiger partial charge in [0.25, 0.3) is 0 Å². The first kappa shape index (κ1) is 11.7. The van der Waals surface area contributed by atoms with Gasteiger partial charge in [-0.3, -0.25) is 0 Å². The zero-order valence-corrected chi connectivity index (χ0v) is 10.4. The second-order valence-corrected chi connectivity index (χ2v) is 4.24. The summed E-state index contributed by atoms with van der Waals surface area (Å²) in [5, 5.41) is 0. The zero-order chi connectivity index (χ0) is 10.2. The van der Waals surface area contributed by atoms with Crippen molar-refractivity contribution in [2.24, 2.45) is 0 Å². The highest BCUT2D eigenvalue weighted by atomic mass is 127. The van der Waals surface area contributed by atoms with Gasteiger partial charge < -0.3 is 4.74 Å². The zero-order valence-electron chi connectivity index (χ0n) is 8.21. The number of hydrogen-bond donors (Lipinski definition) is 0. The molecular weight excluding hydrogens is 287 g/mol. The SMILES string of the molecule is C=CCCCOCc1ccccc1I. The molecule has 0 radical (unpaired) electrons. The molecule has 0 spiro atoms. The Bertz CT molecular complexity index is 283. The number of ether oxygens (including phenoxy) is 1. The predicted octanol–water partition coefficient (Wildman–Crippen LogP) is 3.77. The Morgan fingerprint density at radius 1 is 1.36 bits per heavy atom. The van der Waals surface area contributed by atoms with Crippen LogP contribution in [0.3, 0.4) is 0 Å². The summed E-state index contributed by atoms with van der Waals surface area (Å²) in [5.74, 6) is 0. The van der Waals surface area contributed by atoms with E-state index in [9.17, 15) is 0 Å². The lowest BCUT2D eigenvalue weighted by Gasteiger charge is -2.05. The molecule has 0 saturated carbocycles. The van der Waals surface area contributed by atoms with Crippen LogP contribution in [-0.4, -0.2) is 6.61 Å². The molecule has 14 heavy (non-hydrogen) atoms. The van der Waals surface area contributed by atoms with E-state index in [1.54, 1.807) is 0 Å². The molecule has 1 aromatic rings. The van der Waals surface area contributed by atoms with Crippen molar-refractivity contribution in [2.45, 2.75) is 19.4 Å². The van der Waals surface area contributed by atoms with E-state index < -0.39 is 0 Å². The molecule has 0 bridgehead atoms. The number of rotatable bonds is 6. The summed E-state index contributed by atoms with van der Waals surface area (Å²) < 4.78 is 6.82. The van der Waals surface area contributed by atoms with E-state index in [2.05, 4.69) is 41.3 Å². The number of hydrogen-bond acceptors (Lipinski definition) is 1. The van der Waals surface area contributed by atoms with Crippen LogP contribution < -0.4 is 0 Å². The van der Waals surface area contributed by atoms with E-state index in [0.29, 0.717) is 0 Å². The second-order valence-electron chi connectivity index (χ2n) is 3.07. The average molecular weight is 302 g/mol.